The first-order valence-corrected chi connectivity index (χ1v) is 8.38. The van der Waals surface area contributed by atoms with Crippen LogP contribution in [0, 0.1) is 16.0 Å². The van der Waals surface area contributed by atoms with Crippen LogP contribution in [-0.4, -0.2) is 41.4 Å². The van der Waals surface area contributed by atoms with Crippen molar-refractivity contribution in [2.24, 2.45) is 5.92 Å². The monoisotopic (exact) mass is 317 g/mol. The molecule has 1 amide bonds. The Morgan fingerprint density at radius 3 is 2.48 bits per heavy atom. The number of nitrogens with zero attached hydrogens (tertiary/aromatic N) is 2. The smallest absolute Gasteiger partial charge is 0.269 e. The van der Waals surface area contributed by atoms with Crippen molar-refractivity contribution >= 4 is 11.6 Å². The zero-order valence-corrected chi connectivity index (χ0v) is 13.2. The number of nitro benzene ring substituents is 1. The van der Waals surface area contributed by atoms with E-state index in [0.29, 0.717) is 18.4 Å². The van der Waals surface area contributed by atoms with Crippen LogP contribution in [0.5, 0.6) is 0 Å². The normalized spacial score (nSPS) is 22.3. The molecule has 2 aliphatic heterocycles. The maximum absolute atomic E-state index is 12.4. The molecule has 1 aromatic carbocycles. The fraction of sp³-hybridized carbons (Fsp3) is 0.588. The Kier molecular flexibility index (Phi) is 4.91. The van der Waals surface area contributed by atoms with Gasteiger partial charge < -0.3 is 10.2 Å². The SMILES string of the molecule is O=C(Cc1ccc([N+](=O)[O-])cc1)N1CCC(C2CCCN2)CC1. The second kappa shape index (κ2) is 7.08. The third-order valence-electron chi connectivity index (χ3n) is 5.06. The zero-order chi connectivity index (χ0) is 16.2. The van der Waals surface area contributed by atoms with Crippen LogP contribution in [0.25, 0.3) is 0 Å². The van der Waals surface area contributed by atoms with E-state index in [9.17, 15) is 14.9 Å². The Balaban J connectivity index is 1.50. The minimum Gasteiger partial charge on any atom is -0.342 e. The highest BCUT2D eigenvalue weighted by atomic mass is 16.6. The van der Waals surface area contributed by atoms with Gasteiger partial charge in [0.1, 0.15) is 0 Å². The second-order valence-corrected chi connectivity index (χ2v) is 6.52. The van der Waals surface area contributed by atoms with Gasteiger partial charge in [0.25, 0.3) is 5.69 Å². The molecule has 0 spiro atoms. The first kappa shape index (κ1) is 15.9. The summed E-state index contributed by atoms with van der Waals surface area (Å²) < 4.78 is 0. The van der Waals surface area contributed by atoms with Crippen molar-refractivity contribution in [1.29, 1.82) is 0 Å². The molecule has 1 atom stereocenters. The molecule has 0 bridgehead atoms. The minimum absolute atomic E-state index is 0.0612. The summed E-state index contributed by atoms with van der Waals surface area (Å²) in [6, 6.07) is 6.90. The topological polar surface area (TPSA) is 75.5 Å². The number of carbonyl (C=O) groups is 1. The number of likely N-dealkylation sites (tertiary alicyclic amines) is 1. The Labute approximate surface area is 136 Å². The summed E-state index contributed by atoms with van der Waals surface area (Å²) in [5.74, 6) is 0.817. The van der Waals surface area contributed by atoms with Gasteiger partial charge in [0.05, 0.1) is 11.3 Å². The van der Waals surface area contributed by atoms with E-state index in [-0.39, 0.29) is 11.6 Å². The van der Waals surface area contributed by atoms with Crippen molar-refractivity contribution in [2.75, 3.05) is 19.6 Å². The van der Waals surface area contributed by atoms with Crippen LogP contribution in [0.3, 0.4) is 0 Å². The molecular weight excluding hydrogens is 294 g/mol. The Bertz CT molecular complexity index is 559. The van der Waals surface area contributed by atoms with Crippen LogP contribution in [0.1, 0.15) is 31.2 Å². The molecule has 6 heteroatoms. The lowest BCUT2D eigenvalue weighted by atomic mass is 9.88. The molecule has 1 unspecified atom stereocenters. The van der Waals surface area contributed by atoms with Crippen molar-refractivity contribution in [3.8, 4) is 0 Å². The zero-order valence-electron chi connectivity index (χ0n) is 13.2. The third kappa shape index (κ3) is 3.88. The van der Waals surface area contributed by atoms with Gasteiger partial charge in [0.2, 0.25) is 5.91 Å². The first-order chi connectivity index (χ1) is 11.1. The molecule has 6 nitrogen and oxygen atoms in total. The number of amides is 1. The second-order valence-electron chi connectivity index (χ2n) is 6.52. The van der Waals surface area contributed by atoms with Crippen molar-refractivity contribution in [3.05, 3.63) is 39.9 Å². The number of benzene rings is 1. The highest BCUT2D eigenvalue weighted by Gasteiger charge is 2.29. The van der Waals surface area contributed by atoms with E-state index in [1.54, 1.807) is 12.1 Å². The Hall–Kier alpha value is -1.95. The molecule has 2 fully saturated rings. The van der Waals surface area contributed by atoms with Gasteiger partial charge in [-0.05, 0) is 43.7 Å². The number of piperidine rings is 1. The summed E-state index contributed by atoms with van der Waals surface area (Å²) in [6.07, 6.45) is 5.00. The molecule has 0 radical (unpaired) electrons. The number of nitrogens with one attached hydrogen (secondary N) is 1. The maximum Gasteiger partial charge on any atom is 0.269 e. The highest BCUT2D eigenvalue weighted by Crippen LogP contribution is 2.26. The molecule has 23 heavy (non-hydrogen) atoms. The summed E-state index contributed by atoms with van der Waals surface area (Å²) in [7, 11) is 0. The van der Waals surface area contributed by atoms with Crippen LogP contribution in [0.2, 0.25) is 0 Å². The average Bonchev–Trinajstić information content (AvgIpc) is 3.10. The van der Waals surface area contributed by atoms with Gasteiger partial charge in [-0.2, -0.15) is 0 Å². The third-order valence-corrected chi connectivity index (χ3v) is 5.06. The highest BCUT2D eigenvalue weighted by molar-refractivity contribution is 5.78. The number of rotatable bonds is 4. The van der Waals surface area contributed by atoms with Crippen LogP contribution < -0.4 is 5.32 Å². The van der Waals surface area contributed by atoms with E-state index in [1.807, 2.05) is 4.90 Å². The molecule has 124 valence electrons. The summed E-state index contributed by atoms with van der Waals surface area (Å²) in [4.78, 5) is 24.6. The largest absolute Gasteiger partial charge is 0.342 e. The summed E-state index contributed by atoms with van der Waals surface area (Å²) in [5.41, 5.74) is 0.895. The van der Waals surface area contributed by atoms with Crippen LogP contribution in [0.15, 0.2) is 24.3 Å². The molecule has 2 saturated heterocycles. The van der Waals surface area contributed by atoms with Gasteiger partial charge in [0, 0.05) is 31.3 Å². The predicted octanol–water partition coefficient (Wildman–Crippen LogP) is 2.13. The summed E-state index contributed by atoms with van der Waals surface area (Å²) >= 11 is 0. The summed E-state index contributed by atoms with van der Waals surface area (Å²) in [6.45, 7) is 2.78. The van der Waals surface area contributed by atoms with Crippen molar-refractivity contribution < 1.29 is 9.72 Å². The quantitative estimate of drug-likeness (QED) is 0.682. The van der Waals surface area contributed by atoms with Crippen molar-refractivity contribution in [3.63, 3.8) is 0 Å². The summed E-state index contributed by atoms with van der Waals surface area (Å²) in [5, 5.41) is 14.2. The molecule has 3 rings (SSSR count). The Morgan fingerprint density at radius 2 is 1.91 bits per heavy atom. The molecule has 2 aliphatic rings. The lowest BCUT2D eigenvalue weighted by Crippen LogP contribution is -2.43. The fourth-order valence-electron chi connectivity index (χ4n) is 3.69. The Morgan fingerprint density at radius 1 is 1.22 bits per heavy atom. The first-order valence-electron chi connectivity index (χ1n) is 8.38. The van der Waals surface area contributed by atoms with E-state index in [4.69, 9.17) is 0 Å². The predicted molar refractivity (Wildman–Crippen MR) is 87.1 cm³/mol. The van der Waals surface area contributed by atoms with Gasteiger partial charge in [-0.3, -0.25) is 14.9 Å². The van der Waals surface area contributed by atoms with Crippen molar-refractivity contribution in [2.45, 2.75) is 38.1 Å². The molecule has 0 aromatic heterocycles. The number of hydrogen-bond acceptors (Lipinski definition) is 4. The van der Waals surface area contributed by atoms with Gasteiger partial charge in [-0.25, -0.2) is 0 Å². The lowest BCUT2D eigenvalue weighted by Gasteiger charge is -2.35. The molecule has 0 aliphatic carbocycles. The standard InChI is InChI=1S/C17H23N3O3/c21-17(12-13-3-5-15(6-4-13)20(22)23)19-10-7-14(8-11-19)16-2-1-9-18-16/h3-6,14,16,18H,1-2,7-12H2. The molecule has 2 heterocycles. The minimum atomic E-state index is -0.423. The van der Waals surface area contributed by atoms with Crippen LogP contribution in [0.4, 0.5) is 5.69 Å². The molecule has 1 aromatic rings. The van der Waals surface area contributed by atoms with Crippen LogP contribution in [-0.2, 0) is 11.2 Å². The van der Waals surface area contributed by atoms with Gasteiger partial charge in [-0.15, -0.1) is 0 Å². The maximum atomic E-state index is 12.4. The van der Waals surface area contributed by atoms with E-state index < -0.39 is 4.92 Å². The van der Waals surface area contributed by atoms with Crippen LogP contribution >= 0.6 is 0 Å². The van der Waals surface area contributed by atoms with E-state index >= 15 is 0 Å². The molecule has 1 N–H and O–H groups in total. The lowest BCUT2D eigenvalue weighted by molar-refractivity contribution is -0.384. The molecular formula is C17H23N3O3. The number of non-ortho nitro benzene ring substituents is 1. The molecule has 0 saturated carbocycles. The van der Waals surface area contributed by atoms with Gasteiger partial charge in [-0.1, -0.05) is 12.1 Å². The van der Waals surface area contributed by atoms with Gasteiger partial charge in [0.15, 0.2) is 0 Å². The number of carbonyl (C=O) groups excluding carboxylic acids is 1. The van der Waals surface area contributed by atoms with Crippen molar-refractivity contribution in [1.82, 2.24) is 10.2 Å². The van der Waals surface area contributed by atoms with Gasteiger partial charge >= 0.3 is 0 Å². The van der Waals surface area contributed by atoms with E-state index in [1.165, 1.54) is 25.0 Å². The number of hydrogen-bond donors (Lipinski definition) is 1. The fourth-order valence-corrected chi connectivity index (χ4v) is 3.69. The number of nitro groups is 1. The average molecular weight is 317 g/mol. The van der Waals surface area contributed by atoms with E-state index in [2.05, 4.69) is 5.32 Å². The van der Waals surface area contributed by atoms with E-state index in [0.717, 1.165) is 38.0 Å².